The second-order valence-corrected chi connectivity index (χ2v) is 2.15. The molecular weight excluding hydrogens is 252 g/mol. The van der Waals surface area contributed by atoms with Crippen LogP contribution in [0.2, 0.25) is 0 Å². The van der Waals surface area contributed by atoms with E-state index in [1.165, 1.54) is 0 Å². The molecule has 0 rings (SSSR count). The summed E-state index contributed by atoms with van der Waals surface area (Å²) in [5.41, 5.74) is 9.10. The molecular formula is C8H14N2O8. The molecule has 0 aliphatic rings. The highest BCUT2D eigenvalue weighted by Gasteiger charge is 1.86. The Bertz CT molecular complexity index is 281. The van der Waals surface area contributed by atoms with E-state index in [2.05, 4.69) is 11.5 Å². The minimum absolute atomic E-state index is 0. The molecule has 0 fully saturated rings. The fourth-order valence-electron chi connectivity index (χ4n) is 0.307. The van der Waals surface area contributed by atoms with Crippen molar-refractivity contribution in [2.45, 2.75) is 0 Å². The van der Waals surface area contributed by atoms with E-state index in [9.17, 15) is 19.2 Å². The van der Waals surface area contributed by atoms with E-state index in [-0.39, 0.29) is 11.0 Å². The summed E-state index contributed by atoms with van der Waals surface area (Å²) in [7, 11) is 0. The molecule has 0 aliphatic heterocycles. The fourth-order valence-corrected chi connectivity index (χ4v) is 0.307. The lowest BCUT2D eigenvalue weighted by atomic mass is 10.5. The normalized spacial score (nSPS) is 8.44. The molecule has 0 saturated carbocycles. The van der Waals surface area contributed by atoms with Crippen molar-refractivity contribution in [1.29, 1.82) is 0 Å². The van der Waals surface area contributed by atoms with E-state index < -0.39 is 23.8 Å². The van der Waals surface area contributed by atoms with Crippen LogP contribution < -0.4 is 11.5 Å². The summed E-state index contributed by atoms with van der Waals surface area (Å²) >= 11 is 0. The molecule has 0 atom stereocenters. The predicted octanol–water partition coefficient (Wildman–Crippen LogP) is -3.42. The Hall–Kier alpha value is -2.72. The number of rotatable bonds is 4. The Morgan fingerprint density at radius 3 is 0.944 bits per heavy atom. The number of hydrogen-bond acceptors (Lipinski definition) is 4. The average molecular weight is 266 g/mol. The quantitative estimate of drug-likeness (QED) is 0.378. The summed E-state index contributed by atoms with van der Waals surface area (Å²) in [5.74, 6) is -3.87. The van der Waals surface area contributed by atoms with E-state index in [1.807, 2.05) is 0 Å². The fraction of sp³-hybridized carbons (Fsp3) is 0. The lowest BCUT2D eigenvalue weighted by Crippen LogP contribution is -2.06. The first-order valence-corrected chi connectivity index (χ1v) is 3.66. The van der Waals surface area contributed by atoms with E-state index >= 15 is 0 Å². The molecule has 0 radical (unpaired) electrons. The molecule has 10 nitrogen and oxygen atoms in total. The van der Waals surface area contributed by atoms with E-state index in [4.69, 9.17) is 10.2 Å². The molecule has 0 aliphatic carbocycles. The van der Waals surface area contributed by atoms with Gasteiger partial charge in [0, 0.05) is 24.3 Å². The van der Waals surface area contributed by atoms with Gasteiger partial charge in [-0.05, 0) is 0 Å². The van der Waals surface area contributed by atoms with E-state index in [1.54, 1.807) is 0 Å². The lowest BCUT2D eigenvalue weighted by molar-refractivity contribution is -0.132. The zero-order valence-electron chi connectivity index (χ0n) is 8.99. The van der Waals surface area contributed by atoms with Gasteiger partial charge in [-0.3, -0.25) is 9.59 Å². The minimum atomic E-state index is -1.18. The molecule has 10 heteroatoms. The second kappa shape index (κ2) is 14.3. The van der Waals surface area contributed by atoms with Crippen molar-refractivity contribution in [3.63, 3.8) is 0 Å². The van der Waals surface area contributed by atoms with Crippen LogP contribution in [-0.2, 0) is 19.2 Å². The van der Waals surface area contributed by atoms with Crippen molar-refractivity contribution in [3.8, 4) is 0 Å². The molecule has 10 N–H and O–H groups in total. The smallest absolute Gasteiger partial charge is 0.328 e. The molecule has 0 aromatic carbocycles. The van der Waals surface area contributed by atoms with Gasteiger partial charge < -0.3 is 32.6 Å². The highest BCUT2D eigenvalue weighted by molar-refractivity contribution is 5.93. The monoisotopic (exact) mass is 266 g/mol. The number of nitrogens with two attached hydrogens (primary N) is 2. The predicted molar refractivity (Wildman–Crippen MR) is 59.2 cm³/mol. The van der Waals surface area contributed by atoms with Crippen molar-refractivity contribution in [2.24, 2.45) is 11.5 Å². The third-order valence-corrected chi connectivity index (χ3v) is 0.780. The first kappa shape index (κ1) is 24.5. The van der Waals surface area contributed by atoms with E-state index in [0.29, 0.717) is 12.2 Å². The second-order valence-electron chi connectivity index (χ2n) is 2.15. The van der Waals surface area contributed by atoms with Gasteiger partial charge in [0.05, 0.1) is 0 Å². The van der Waals surface area contributed by atoms with Gasteiger partial charge in [-0.2, -0.15) is 0 Å². The topological polar surface area (TPSA) is 224 Å². The summed E-state index contributed by atoms with van der Waals surface area (Å²) < 4.78 is 0. The van der Waals surface area contributed by atoms with Gasteiger partial charge in [-0.25, -0.2) is 9.59 Å². The van der Waals surface area contributed by atoms with Gasteiger partial charge in [0.2, 0.25) is 11.8 Å². The zero-order valence-corrected chi connectivity index (χ0v) is 8.99. The largest absolute Gasteiger partial charge is 0.478 e. The van der Waals surface area contributed by atoms with Crippen LogP contribution in [0.1, 0.15) is 0 Å². The van der Waals surface area contributed by atoms with Gasteiger partial charge in [0.1, 0.15) is 0 Å². The third kappa shape index (κ3) is 37.8. The number of carbonyl (C=O) groups is 4. The molecule has 0 saturated heterocycles. The van der Waals surface area contributed by atoms with Gasteiger partial charge in [0.25, 0.3) is 0 Å². The first-order chi connectivity index (χ1) is 7.25. The summed E-state index contributed by atoms with van der Waals surface area (Å²) in [6.45, 7) is 0. The number of carbonyl (C=O) groups excluding carboxylic acids is 2. The first-order valence-electron chi connectivity index (χ1n) is 3.66. The van der Waals surface area contributed by atoms with Crippen LogP contribution in [0.15, 0.2) is 24.3 Å². The maximum Gasteiger partial charge on any atom is 0.328 e. The zero-order chi connectivity index (χ0) is 13.1. The Morgan fingerprint density at radius 2 is 0.889 bits per heavy atom. The molecule has 0 aromatic rings. The summed E-state index contributed by atoms with van der Waals surface area (Å²) in [6.07, 6.45) is 2.93. The van der Waals surface area contributed by atoms with Crippen LogP contribution in [0.5, 0.6) is 0 Å². The van der Waals surface area contributed by atoms with Crippen molar-refractivity contribution in [3.05, 3.63) is 24.3 Å². The average Bonchev–Trinajstić information content (AvgIpc) is 2.12. The third-order valence-electron chi connectivity index (χ3n) is 0.780. The number of primary amides is 2. The SMILES string of the molecule is NC(=O)/C=C\C(=O)O.NC(=O)/C=C\C(=O)O.O.O. The summed E-state index contributed by atoms with van der Waals surface area (Å²) in [4.78, 5) is 38.8. The van der Waals surface area contributed by atoms with Crippen LogP contribution in [-0.4, -0.2) is 44.9 Å². The Balaban J connectivity index is -0.0000000980. The molecule has 0 aromatic heterocycles. The maximum atomic E-state index is 9.78. The summed E-state index contributed by atoms with van der Waals surface area (Å²) in [6, 6.07) is 0. The minimum Gasteiger partial charge on any atom is -0.478 e. The van der Waals surface area contributed by atoms with Gasteiger partial charge in [-0.15, -0.1) is 0 Å². The van der Waals surface area contributed by atoms with Crippen molar-refractivity contribution < 1.29 is 40.3 Å². The molecule has 104 valence electrons. The van der Waals surface area contributed by atoms with Crippen LogP contribution >= 0.6 is 0 Å². The van der Waals surface area contributed by atoms with Crippen LogP contribution in [0.25, 0.3) is 0 Å². The molecule has 0 spiro atoms. The van der Waals surface area contributed by atoms with Gasteiger partial charge >= 0.3 is 11.9 Å². The molecule has 0 heterocycles. The number of aliphatic carboxylic acids is 2. The molecule has 0 bridgehead atoms. The number of carboxylic acids is 2. The van der Waals surface area contributed by atoms with Crippen molar-refractivity contribution in [1.82, 2.24) is 0 Å². The van der Waals surface area contributed by atoms with Gasteiger partial charge in [-0.1, -0.05) is 0 Å². The molecule has 0 unspecified atom stereocenters. The molecule has 2 amide bonds. The molecule has 18 heavy (non-hydrogen) atoms. The highest BCUT2D eigenvalue weighted by Crippen LogP contribution is 1.68. The highest BCUT2D eigenvalue weighted by atomic mass is 16.4. The van der Waals surface area contributed by atoms with Crippen molar-refractivity contribution in [2.75, 3.05) is 0 Å². The van der Waals surface area contributed by atoms with E-state index in [0.717, 1.165) is 12.2 Å². The number of amides is 2. The number of hydrogen-bond donors (Lipinski definition) is 4. The maximum absolute atomic E-state index is 9.78. The van der Waals surface area contributed by atoms with Gasteiger partial charge in [0.15, 0.2) is 0 Å². The Morgan fingerprint density at radius 1 is 0.667 bits per heavy atom. The summed E-state index contributed by atoms with van der Waals surface area (Å²) in [5, 5.41) is 15.7. The van der Waals surface area contributed by atoms with Crippen LogP contribution in [0.3, 0.4) is 0 Å². The Kier molecular flexibility index (Phi) is 19.4. The van der Waals surface area contributed by atoms with Crippen molar-refractivity contribution >= 4 is 23.8 Å². The lowest BCUT2D eigenvalue weighted by Gasteiger charge is -1.75. The Labute approximate surface area is 101 Å². The van der Waals surface area contributed by atoms with Crippen LogP contribution in [0, 0.1) is 0 Å². The standard InChI is InChI=1S/2C4H5NO3.2H2O/c2*5-3(6)1-2-4(7)8;;/h2*1-2H,(H2,5,6)(H,7,8);2*1H2/b2*2-1-;;. The number of carboxylic acid groups (broad SMARTS) is 2. The van der Waals surface area contributed by atoms with Crippen LogP contribution in [0.4, 0.5) is 0 Å².